The summed E-state index contributed by atoms with van der Waals surface area (Å²) in [6.45, 7) is 0. The number of rotatable bonds is 3. The number of hydrogen-bond acceptors (Lipinski definition) is 3. The van der Waals surface area contributed by atoms with Gasteiger partial charge >= 0.3 is 0 Å². The highest BCUT2D eigenvalue weighted by Crippen LogP contribution is 2.16. The highest BCUT2D eigenvalue weighted by molar-refractivity contribution is 7.89. The molecule has 0 aromatic heterocycles. The van der Waals surface area contributed by atoms with Gasteiger partial charge in [-0.15, -0.1) is 0 Å². The lowest BCUT2D eigenvalue weighted by atomic mass is 10.4. The standard InChI is InChI=1S/C7H8ClNO3S/c1-12-9(8)13(10,11)7-5-3-2-4-6-7/h2-6H,1H3. The molecule has 0 amide bonds. The summed E-state index contributed by atoms with van der Waals surface area (Å²) < 4.78 is 23.2. The third-order valence-electron chi connectivity index (χ3n) is 1.37. The average molecular weight is 222 g/mol. The Hall–Kier alpha value is -0.620. The van der Waals surface area contributed by atoms with Crippen LogP contribution in [0.3, 0.4) is 0 Å². The zero-order valence-electron chi connectivity index (χ0n) is 6.84. The summed E-state index contributed by atoms with van der Waals surface area (Å²) in [7, 11) is -2.54. The van der Waals surface area contributed by atoms with Gasteiger partial charge in [-0.2, -0.15) is 0 Å². The van der Waals surface area contributed by atoms with E-state index in [9.17, 15) is 8.42 Å². The average Bonchev–Trinajstić information content (AvgIpc) is 2.18. The normalized spacial score (nSPS) is 11.9. The Labute approximate surface area is 81.8 Å². The summed E-state index contributed by atoms with van der Waals surface area (Å²) in [4.78, 5) is 4.47. The molecule has 0 aliphatic carbocycles. The Bertz CT molecular complexity index is 365. The summed E-state index contributed by atoms with van der Waals surface area (Å²) in [6.07, 6.45) is 0. The minimum absolute atomic E-state index is 0.0897. The van der Waals surface area contributed by atoms with Crippen molar-refractivity contribution in [2.24, 2.45) is 0 Å². The highest BCUT2D eigenvalue weighted by atomic mass is 35.5. The van der Waals surface area contributed by atoms with Crippen molar-refractivity contribution in [3.63, 3.8) is 0 Å². The molecule has 0 N–H and O–H groups in total. The molecule has 0 unspecified atom stereocenters. The van der Waals surface area contributed by atoms with Crippen LogP contribution in [0.25, 0.3) is 0 Å². The third kappa shape index (κ3) is 2.19. The Morgan fingerprint density at radius 3 is 2.31 bits per heavy atom. The first-order chi connectivity index (χ1) is 6.09. The van der Waals surface area contributed by atoms with Crippen LogP contribution in [0.1, 0.15) is 0 Å². The van der Waals surface area contributed by atoms with Gasteiger partial charge in [0.2, 0.25) is 0 Å². The molecule has 0 radical (unpaired) electrons. The Morgan fingerprint density at radius 2 is 1.85 bits per heavy atom. The maximum atomic E-state index is 11.4. The monoisotopic (exact) mass is 221 g/mol. The van der Waals surface area contributed by atoms with Crippen molar-refractivity contribution >= 4 is 21.8 Å². The molecule has 0 fully saturated rings. The summed E-state index contributed by atoms with van der Waals surface area (Å²) in [5, 5.41) is 0. The molecule has 6 heteroatoms. The number of halogens is 1. The highest BCUT2D eigenvalue weighted by Gasteiger charge is 2.22. The summed E-state index contributed by atoms with van der Waals surface area (Å²) in [5.74, 6) is 0. The molecular formula is C7H8ClNO3S. The number of hydrogen-bond donors (Lipinski definition) is 0. The minimum Gasteiger partial charge on any atom is -0.273 e. The van der Waals surface area contributed by atoms with Crippen molar-refractivity contribution in [3.8, 4) is 0 Å². The predicted molar refractivity (Wildman–Crippen MR) is 48.3 cm³/mol. The molecule has 0 atom stereocenters. The van der Waals surface area contributed by atoms with Crippen LogP contribution < -0.4 is 0 Å². The first-order valence-electron chi connectivity index (χ1n) is 3.39. The van der Waals surface area contributed by atoms with Gasteiger partial charge in [0.25, 0.3) is 10.0 Å². The van der Waals surface area contributed by atoms with Gasteiger partial charge in [-0.25, -0.2) is 8.42 Å². The molecule has 1 aromatic carbocycles. The zero-order chi connectivity index (χ0) is 9.90. The largest absolute Gasteiger partial charge is 0.279 e. The van der Waals surface area contributed by atoms with Crippen molar-refractivity contribution in [3.05, 3.63) is 30.3 Å². The van der Waals surface area contributed by atoms with Gasteiger partial charge in [-0.05, 0) is 12.1 Å². The Kier molecular flexibility index (Phi) is 3.27. The van der Waals surface area contributed by atoms with Gasteiger partial charge < -0.3 is 0 Å². The van der Waals surface area contributed by atoms with Gasteiger partial charge in [-0.1, -0.05) is 18.2 Å². The lowest BCUT2D eigenvalue weighted by molar-refractivity contribution is 0.0313. The molecule has 0 bridgehead atoms. The smallest absolute Gasteiger partial charge is 0.273 e. The second-order valence-electron chi connectivity index (χ2n) is 2.18. The van der Waals surface area contributed by atoms with Gasteiger partial charge in [0.05, 0.1) is 12.0 Å². The van der Waals surface area contributed by atoms with Crippen LogP contribution in [-0.4, -0.2) is 19.5 Å². The molecule has 1 rings (SSSR count). The summed E-state index contributed by atoms with van der Waals surface area (Å²) in [6, 6.07) is 7.79. The van der Waals surface area contributed by atoms with Crippen molar-refractivity contribution < 1.29 is 13.3 Å². The maximum absolute atomic E-state index is 11.4. The fourth-order valence-corrected chi connectivity index (χ4v) is 1.88. The molecule has 4 nitrogen and oxygen atoms in total. The van der Waals surface area contributed by atoms with Crippen LogP contribution in [-0.2, 0) is 14.9 Å². The fourth-order valence-electron chi connectivity index (χ4n) is 0.773. The maximum Gasteiger partial charge on any atom is 0.279 e. The molecule has 0 heterocycles. The predicted octanol–water partition coefficient (Wildman–Crippen LogP) is 1.39. The molecule has 72 valence electrons. The van der Waals surface area contributed by atoms with Crippen LogP contribution in [0.4, 0.5) is 0 Å². The molecule has 0 aliphatic heterocycles. The number of sulfonamides is 1. The van der Waals surface area contributed by atoms with Gasteiger partial charge in [0, 0.05) is 15.8 Å². The van der Waals surface area contributed by atoms with Crippen molar-refractivity contribution in [1.82, 2.24) is 3.99 Å². The molecular weight excluding hydrogens is 214 g/mol. The van der Waals surface area contributed by atoms with E-state index in [1.165, 1.54) is 19.2 Å². The van der Waals surface area contributed by atoms with Crippen molar-refractivity contribution in [1.29, 1.82) is 0 Å². The van der Waals surface area contributed by atoms with Gasteiger partial charge in [-0.3, -0.25) is 4.84 Å². The quantitative estimate of drug-likeness (QED) is 0.573. The minimum atomic E-state index is -3.71. The van der Waals surface area contributed by atoms with E-state index < -0.39 is 10.0 Å². The fraction of sp³-hybridized carbons (Fsp3) is 0.143. The van der Waals surface area contributed by atoms with E-state index in [1.807, 2.05) is 0 Å². The van der Waals surface area contributed by atoms with Gasteiger partial charge in [0.15, 0.2) is 0 Å². The van der Waals surface area contributed by atoms with Crippen LogP contribution in [0.15, 0.2) is 35.2 Å². The Balaban J connectivity index is 3.09. The van der Waals surface area contributed by atoms with E-state index in [0.29, 0.717) is 3.99 Å². The zero-order valence-corrected chi connectivity index (χ0v) is 8.42. The van der Waals surface area contributed by atoms with Crippen molar-refractivity contribution in [2.75, 3.05) is 7.11 Å². The van der Waals surface area contributed by atoms with E-state index >= 15 is 0 Å². The summed E-state index contributed by atoms with van der Waals surface area (Å²) >= 11 is 5.31. The number of benzene rings is 1. The van der Waals surface area contributed by atoms with E-state index in [4.69, 9.17) is 11.8 Å². The van der Waals surface area contributed by atoms with Crippen LogP contribution >= 0.6 is 11.8 Å². The second-order valence-corrected chi connectivity index (χ2v) is 4.44. The molecule has 0 aliphatic rings. The lowest BCUT2D eigenvalue weighted by Crippen LogP contribution is -2.20. The van der Waals surface area contributed by atoms with Crippen LogP contribution in [0.5, 0.6) is 0 Å². The second kappa shape index (κ2) is 4.06. The first kappa shape index (κ1) is 10.5. The molecule has 13 heavy (non-hydrogen) atoms. The SMILES string of the molecule is CON(Cl)S(=O)(=O)c1ccccc1. The van der Waals surface area contributed by atoms with E-state index in [2.05, 4.69) is 4.84 Å². The van der Waals surface area contributed by atoms with Crippen LogP contribution in [0, 0.1) is 0 Å². The number of nitrogens with zero attached hydrogens (tertiary/aromatic N) is 1. The van der Waals surface area contributed by atoms with E-state index in [0.717, 1.165) is 0 Å². The molecule has 0 saturated carbocycles. The van der Waals surface area contributed by atoms with E-state index in [1.54, 1.807) is 18.2 Å². The van der Waals surface area contributed by atoms with Gasteiger partial charge in [0.1, 0.15) is 0 Å². The summed E-state index contributed by atoms with van der Waals surface area (Å²) in [5.41, 5.74) is 0. The van der Waals surface area contributed by atoms with Crippen LogP contribution in [0.2, 0.25) is 0 Å². The van der Waals surface area contributed by atoms with Crippen molar-refractivity contribution in [2.45, 2.75) is 4.90 Å². The topological polar surface area (TPSA) is 46.6 Å². The lowest BCUT2D eigenvalue weighted by Gasteiger charge is -2.10. The Morgan fingerprint density at radius 1 is 1.31 bits per heavy atom. The molecule has 0 saturated heterocycles. The molecule has 0 spiro atoms. The third-order valence-corrected chi connectivity index (χ3v) is 3.45. The van der Waals surface area contributed by atoms with E-state index in [-0.39, 0.29) is 4.90 Å². The molecule has 1 aromatic rings. The first-order valence-corrected chi connectivity index (χ1v) is 5.17.